The fraction of sp³-hybridized carbons (Fsp3) is 0.273. The minimum absolute atomic E-state index is 0. The molecule has 0 fully saturated rings. The van der Waals surface area contributed by atoms with Crippen molar-refractivity contribution in [3.8, 4) is 0 Å². The van der Waals surface area contributed by atoms with Crippen LogP contribution in [-0.2, 0) is 42.2 Å². The van der Waals surface area contributed by atoms with Gasteiger partial charge in [0.25, 0.3) is 0 Å². The largest absolute Gasteiger partial charge is 0.466 e. The van der Waals surface area contributed by atoms with E-state index in [2.05, 4.69) is 10.8 Å². The van der Waals surface area contributed by atoms with Gasteiger partial charge < -0.3 is 9.53 Å². The summed E-state index contributed by atoms with van der Waals surface area (Å²) in [5.74, 6) is -4.04. The molecule has 0 atom stereocenters. The molecule has 89 valence electrons. The Kier molecular flexibility index (Phi) is 7.31. The Balaban J connectivity index is 0.00000256. The van der Waals surface area contributed by atoms with Crippen LogP contribution in [0.5, 0.6) is 0 Å². The van der Waals surface area contributed by atoms with E-state index in [4.69, 9.17) is 0 Å². The monoisotopic (exact) mass is 316 g/mol. The quantitative estimate of drug-likeness (QED) is 0.369. The Labute approximate surface area is 122 Å². The Bertz CT molecular complexity index is 421. The van der Waals surface area contributed by atoms with E-state index < -0.39 is 35.4 Å². The molecule has 0 aliphatic rings. The number of carbonyl (C=O) groups excluding carboxylic acids is 2. The maximum absolute atomic E-state index is 13.1. The Morgan fingerprint density at radius 2 is 2.00 bits per heavy atom. The van der Waals surface area contributed by atoms with Crippen molar-refractivity contribution < 1.29 is 55.8 Å². The summed E-state index contributed by atoms with van der Waals surface area (Å²) < 4.78 is 30.4. The summed E-state index contributed by atoms with van der Waals surface area (Å²) in [4.78, 5) is 22.3. The van der Waals surface area contributed by atoms with Crippen molar-refractivity contribution in [3.63, 3.8) is 0 Å². The third-order valence-electron chi connectivity index (χ3n) is 1.79. The molecule has 0 bridgehead atoms. The van der Waals surface area contributed by atoms with Gasteiger partial charge in [-0.15, -0.1) is 6.07 Å². The number of benzene rings is 1. The smallest absolute Gasteiger partial charge is 0.312 e. The molecule has 0 heterocycles. The van der Waals surface area contributed by atoms with Crippen LogP contribution < -0.4 is 0 Å². The van der Waals surface area contributed by atoms with Gasteiger partial charge in [0.15, 0.2) is 0 Å². The van der Waals surface area contributed by atoms with Gasteiger partial charge in [-0.05, 0) is 6.92 Å². The van der Waals surface area contributed by atoms with Crippen molar-refractivity contribution in [1.82, 2.24) is 0 Å². The second-order valence-electron chi connectivity index (χ2n) is 2.94. The average Bonchev–Trinajstić information content (AvgIpc) is 2.22. The maximum atomic E-state index is 13.1. The summed E-state index contributed by atoms with van der Waals surface area (Å²) in [6, 6.07) is 4.04. The van der Waals surface area contributed by atoms with Gasteiger partial charge in [0.05, 0.1) is 18.8 Å². The van der Waals surface area contributed by atoms with Gasteiger partial charge in [0, 0.05) is 38.5 Å². The summed E-state index contributed by atoms with van der Waals surface area (Å²) in [7, 11) is 0. The maximum Gasteiger partial charge on any atom is 0.312 e. The number of ether oxygens (including phenoxy) is 1. The van der Waals surface area contributed by atoms with E-state index in [1.54, 1.807) is 6.92 Å². The molecule has 0 N–H and O–H groups in total. The van der Waals surface area contributed by atoms with E-state index in [0.717, 1.165) is 12.1 Å². The minimum Gasteiger partial charge on any atom is -0.466 e. The second kappa shape index (κ2) is 7.61. The number of hydrogen-bond acceptors (Lipinski definition) is 3. The number of esters is 1. The zero-order valence-corrected chi connectivity index (χ0v) is 12.0. The first-order valence-electron chi connectivity index (χ1n) is 4.60. The van der Waals surface area contributed by atoms with E-state index in [1.165, 1.54) is 0 Å². The average molecular weight is 316 g/mol. The van der Waals surface area contributed by atoms with Gasteiger partial charge in [-0.1, -0.05) is 5.56 Å². The molecular formula is C11H9F2O3Y-. The third kappa shape index (κ3) is 4.60. The summed E-state index contributed by atoms with van der Waals surface area (Å²) >= 11 is 0. The van der Waals surface area contributed by atoms with Crippen LogP contribution in [0.3, 0.4) is 0 Å². The number of carbonyl (C=O) groups is 2. The summed E-state index contributed by atoms with van der Waals surface area (Å²) in [5.41, 5.74) is -0.493. The third-order valence-corrected chi connectivity index (χ3v) is 1.79. The van der Waals surface area contributed by atoms with Crippen molar-refractivity contribution >= 4 is 11.8 Å². The predicted octanol–water partition coefficient (Wildman–Crippen LogP) is 1.90. The normalized spacial score (nSPS) is 9.35. The Morgan fingerprint density at radius 1 is 1.35 bits per heavy atom. The number of hydrogen-bond donors (Lipinski definition) is 0. The molecule has 1 radical (unpaired) electrons. The molecule has 1 rings (SSSR count). The van der Waals surface area contributed by atoms with Crippen LogP contribution in [0.4, 0.5) is 8.78 Å². The first-order valence-corrected chi connectivity index (χ1v) is 4.60. The van der Waals surface area contributed by atoms with E-state index >= 15 is 0 Å². The number of Topliss-reactive ketones (excluding diaryl/α,β-unsaturated/α-hetero) is 1. The molecule has 17 heavy (non-hydrogen) atoms. The zero-order valence-electron chi connectivity index (χ0n) is 9.13. The van der Waals surface area contributed by atoms with Crippen LogP contribution in [0.15, 0.2) is 12.1 Å². The van der Waals surface area contributed by atoms with Crippen molar-refractivity contribution in [2.24, 2.45) is 0 Å². The summed E-state index contributed by atoms with van der Waals surface area (Å²) in [5, 5.41) is 0. The molecule has 0 aromatic heterocycles. The fourth-order valence-corrected chi connectivity index (χ4v) is 1.09. The molecule has 0 amide bonds. The van der Waals surface area contributed by atoms with Crippen molar-refractivity contribution in [3.05, 3.63) is 35.4 Å². The van der Waals surface area contributed by atoms with E-state index in [-0.39, 0.29) is 39.3 Å². The van der Waals surface area contributed by atoms with Gasteiger partial charge in [-0.3, -0.25) is 9.18 Å². The number of rotatable bonds is 4. The first kappa shape index (κ1) is 16.3. The molecule has 3 nitrogen and oxygen atoms in total. The minimum atomic E-state index is -1.27. The van der Waals surface area contributed by atoms with Gasteiger partial charge in [-0.2, -0.15) is 12.1 Å². The van der Waals surface area contributed by atoms with Crippen LogP contribution in [0, 0.1) is 17.7 Å². The van der Waals surface area contributed by atoms with Gasteiger partial charge in [-0.25, -0.2) is 4.39 Å². The summed E-state index contributed by atoms with van der Waals surface area (Å²) in [6.45, 7) is 1.71. The molecular weight excluding hydrogens is 307 g/mol. The molecule has 0 saturated heterocycles. The molecule has 0 aliphatic heterocycles. The Hall–Kier alpha value is -0.676. The molecule has 0 aliphatic carbocycles. The molecule has 6 heteroatoms. The van der Waals surface area contributed by atoms with Crippen LogP contribution in [-0.4, -0.2) is 18.4 Å². The molecule has 1 aromatic rings. The van der Waals surface area contributed by atoms with Crippen molar-refractivity contribution in [2.75, 3.05) is 6.61 Å². The van der Waals surface area contributed by atoms with Crippen molar-refractivity contribution in [1.29, 1.82) is 0 Å². The van der Waals surface area contributed by atoms with Crippen LogP contribution in [0.25, 0.3) is 0 Å². The molecule has 1 aromatic carbocycles. The molecule has 0 spiro atoms. The first-order chi connectivity index (χ1) is 7.56. The molecule has 0 saturated carbocycles. The van der Waals surface area contributed by atoms with E-state index in [1.807, 2.05) is 0 Å². The van der Waals surface area contributed by atoms with E-state index in [9.17, 15) is 18.4 Å². The van der Waals surface area contributed by atoms with Crippen molar-refractivity contribution in [2.45, 2.75) is 13.3 Å². The van der Waals surface area contributed by atoms with E-state index in [0.29, 0.717) is 0 Å². The predicted molar refractivity (Wildman–Crippen MR) is 50.8 cm³/mol. The zero-order chi connectivity index (χ0) is 12.1. The van der Waals surface area contributed by atoms with Crippen LogP contribution in [0.1, 0.15) is 23.7 Å². The Morgan fingerprint density at radius 3 is 2.59 bits per heavy atom. The van der Waals surface area contributed by atoms with Gasteiger partial charge in [0.1, 0.15) is 5.78 Å². The number of halogens is 2. The van der Waals surface area contributed by atoms with Gasteiger partial charge in [0.2, 0.25) is 0 Å². The van der Waals surface area contributed by atoms with Crippen LogP contribution in [0.2, 0.25) is 0 Å². The standard InChI is InChI=1S/C11H9F2O3.Y/c1-2-16-10(15)6-9(14)7-4-3-5-8(12)11(7)13;/h4-5H,2,6H2,1H3;/q-1;. The topological polar surface area (TPSA) is 43.4 Å². The number of ketones is 1. The second-order valence-corrected chi connectivity index (χ2v) is 2.94. The molecule has 0 unspecified atom stereocenters. The van der Waals surface area contributed by atoms with Gasteiger partial charge >= 0.3 is 5.97 Å². The SMILES string of the molecule is CCOC(=O)CC(=O)c1c[c-]cc(F)c1F.[Y]. The fourth-order valence-electron chi connectivity index (χ4n) is 1.09. The summed E-state index contributed by atoms with van der Waals surface area (Å²) in [6.07, 6.45) is -0.609. The van der Waals surface area contributed by atoms with Crippen LogP contribution >= 0.6 is 0 Å².